The lowest BCUT2D eigenvalue weighted by molar-refractivity contribution is -0.133. The van der Waals surface area contributed by atoms with Crippen molar-refractivity contribution in [2.24, 2.45) is 16.0 Å². The molecule has 0 aromatic heterocycles. The summed E-state index contributed by atoms with van der Waals surface area (Å²) in [4.78, 5) is 19.1. The molecule has 0 unspecified atom stereocenters. The van der Waals surface area contributed by atoms with Crippen LogP contribution in [-0.4, -0.2) is 83.2 Å². The normalized spacial score (nSPS) is 9.96. The zero-order valence-electron chi connectivity index (χ0n) is 14.3. The Morgan fingerprint density at radius 1 is 0.880 bits per heavy atom. The summed E-state index contributed by atoms with van der Waals surface area (Å²) in [6.07, 6.45) is 0.247. The van der Waals surface area contributed by atoms with E-state index in [1.807, 2.05) is 0 Å². The summed E-state index contributed by atoms with van der Waals surface area (Å²) in [7, 11) is 0. The molecule has 0 saturated carbocycles. The van der Waals surface area contributed by atoms with Crippen LogP contribution in [0.25, 0.3) is 20.9 Å². The predicted molar refractivity (Wildman–Crippen MR) is 90.7 cm³/mol. The molecule has 0 rings (SSSR count). The molecular formula is C13H26N8O4. The molecule has 0 atom stereocenters. The summed E-state index contributed by atoms with van der Waals surface area (Å²) < 4.78 is 15.8. The molecule has 0 spiro atoms. The summed E-state index contributed by atoms with van der Waals surface area (Å²) in [5.41, 5.74) is 21.7. The molecule has 0 fully saturated rings. The number of ether oxygens (including phenoxy) is 3. The molecule has 0 aliphatic rings. The van der Waals surface area contributed by atoms with Crippen LogP contribution in [0.1, 0.15) is 6.42 Å². The van der Waals surface area contributed by atoms with Crippen molar-refractivity contribution in [2.45, 2.75) is 6.42 Å². The van der Waals surface area contributed by atoms with Crippen LogP contribution in [0, 0.1) is 0 Å². The first-order valence-corrected chi connectivity index (χ1v) is 7.99. The fourth-order valence-corrected chi connectivity index (χ4v) is 1.72. The molecule has 0 bridgehead atoms. The van der Waals surface area contributed by atoms with E-state index in [-0.39, 0.29) is 25.4 Å². The van der Waals surface area contributed by atoms with Gasteiger partial charge in [0.1, 0.15) is 0 Å². The number of amides is 1. The Kier molecular flexibility index (Phi) is 16.8. The molecule has 12 nitrogen and oxygen atoms in total. The molecule has 0 radical (unpaired) electrons. The van der Waals surface area contributed by atoms with Gasteiger partial charge in [-0.1, -0.05) is 10.2 Å². The van der Waals surface area contributed by atoms with Crippen LogP contribution in [0.5, 0.6) is 0 Å². The van der Waals surface area contributed by atoms with Crippen LogP contribution in [0.15, 0.2) is 10.2 Å². The van der Waals surface area contributed by atoms with E-state index in [1.54, 1.807) is 4.90 Å². The van der Waals surface area contributed by atoms with Gasteiger partial charge < -0.3 is 24.8 Å². The zero-order chi connectivity index (χ0) is 18.6. The third-order valence-electron chi connectivity index (χ3n) is 2.88. The van der Waals surface area contributed by atoms with E-state index >= 15 is 0 Å². The minimum atomic E-state index is -0.0747. The fraction of sp³-hybridized carbons (Fsp3) is 0.923. The Morgan fingerprint density at radius 2 is 1.40 bits per heavy atom. The molecular weight excluding hydrogens is 332 g/mol. The highest BCUT2D eigenvalue weighted by molar-refractivity contribution is 5.76. The quantitative estimate of drug-likeness (QED) is 0.175. The molecule has 0 aliphatic carbocycles. The van der Waals surface area contributed by atoms with Gasteiger partial charge in [0.15, 0.2) is 0 Å². The number of carbonyl (C=O) groups excluding carboxylic acids is 1. The summed E-state index contributed by atoms with van der Waals surface area (Å²) >= 11 is 0. The summed E-state index contributed by atoms with van der Waals surface area (Å²) in [6, 6.07) is 0. The van der Waals surface area contributed by atoms with Gasteiger partial charge in [0.25, 0.3) is 0 Å². The highest BCUT2D eigenvalue weighted by Crippen LogP contribution is 1.97. The second-order valence-corrected chi connectivity index (χ2v) is 4.67. The molecule has 0 saturated heterocycles. The number of nitrogens with zero attached hydrogens (tertiary/aromatic N) is 7. The third kappa shape index (κ3) is 15.2. The second-order valence-electron chi connectivity index (χ2n) is 4.67. The van der Waals surface area contributed by atoms with Gasteiger partial charge in [-0.2, -0.15) is 0 Å². The van der Waals surface area contributed by atoms with Gasteiger partial charge in [0.05, 0.1) is 46.1 Å². The maximum atomic E-state index is 12.2. The molecule has 142 valence electrons. The van der Waals surface area contributed by atoms with Crippen LogP contribution in [0.3, 0.4) is 0 Å². The van der Waals surface area contributed by atoms with E-state index in [1.165, 1.54) is 0 Å². The number of hydrogen-bond acceptors (Lipinski definition) is 7. The lowest BCUT2D eigenvalue weighted by Gasteiger charge is -2.22. The third-order valence-corrected chi connectivity index (χ3v) is 2.88. The van der Waals surface area contributed by atoms with Gasteiger partial charge in [-0.25, -0.2) is 0 Å². The topological polar surface area (TPSA) is 172 Å². The van der Waals surface area contributed by atoms with Crippen molar-refractivity contribution in [3.63, 3.8) is 0 Å². The number of carbonyl (C=O) groups is 1. The zero-order valence-corrected chi connectivity index (χ0v) is 14.3. The largest absolute Gasteiger partial charge is 0.380 e. The molecule has 1 amide bonds. The van der Waals surface area contributed by atoms with Crippen LogP contribution < -0.4 is 5.73 Å². The molecule has 0 aromatic rings. The Hall–Kier alpha value is -2.07. The van der Waals surface area contributed by atoms with Crippen LogP contribution in [0.4, 0.5) is 0 Å². The van der Waals surface area contributed by atoms with Gasteiger partial charge >= 0.3 is 0 Å². The number of hydrogen-bond donors (Lipinski definition) is 1. The minimum absolute atomic E-state index is 0.0747. The minimum Gasteiger partial charge on any atom is -0.380 e. The van der Waals surface area contributed by atoms with Crippen molar-refractivity contribution in [3.8, 4) is 0 Å². The van der Waals surface area contributed by atoms with Crippen LogP contribution in [-0.2, 0) is 19.0 Å². The van der Waals surface area contributed by atoms with Crippen LogP contribution >= 0.6 is 0 Å². The molecule has 0 aromatic carbocycles. The van der Waals surface area contributed by atoms with E-state index in [9.17, 15) is 4.79 Å². The van der Waals surface area contributed by atoms with Gasteiger partial charge in [0, 0.05) is 42.5 Å². The first-order chi connectivity index (χ1) is 12.3. The number of rotatable bonds is 17. The van der Waals surface area contributed by atoms with Crippen molar-refractivity contribution >= 4 is 5.91 Å². The predicted octanol–water partition coefficient (Wildman–Crippen LogP) is 0.834. The highest BCUT2D eigenvalue weighted by atomic mass is 16.5. The molecule has 0 heterocycles. The maximum Gasteiger partial charge on any atom is 0.225 e. The average molecular weight is 358 g/mol. The molecule has 12 heteroatoms. The van der Waals surface area contributed by atoms with Gasteiger partial charge in [-0.15, -0.1) is 0 Å². The van der Waals surface area contributed by atoms with Crippen molar-refractivity contribution < 1.29 is 19.0 Å². The average Bonchev–Trinajstić information content (AvgIpc) is 2.62. The second kappa shape index (κ2) is 18.3. The summed E-state index contributed by atoms with van der Waals surface area (Å²) in [5, 5.41) is 6.72. The van der Waals surface area contributed by atoms with E-state index in [4.69, 9.17) is 31.0 Å². The summed E-state index contributed by atoms with van der Waals surface area (Å²) in [6.45, 7) is 3.68. The Balaban J connectivity index is 4.12. The van der Waals surface area contributed by atoms with Crippen molar-refractivity contribution in [1.29, 1.82) is 0 Å². The standard InChI is InChI=1S/C13H26N8O4/c14-2-8-23-7-1-13(22)21(5-11-24-9-3-17-19-15)6-12-25-10-4-18-20-16/h1-12,14H2. The molecule has 25 heavy (non-hydrogen) atoms. The van der Waals surface area contributed by atoms with Crippen LogP contribution in [0.2, 0.25) is 0 Å². The SMILES string of the molecule is [N-]=[N+]=NCCOCCN(CCOCCN=[N+]=[N-])C(=O)CCOCCN. The monoisotopic (exact) mass is 358 g/mol. The Labute approximate surface area is 146 Å². The Bertz CT molecular complexity index is 410. The lowest BCUT2D eigenvalue weighted by atomic mass is 10.3. The van der Waals surface area contributed by atoms with E-state index in [2.05, 4.69) is 20.1 Å². The van der Waals surface area contributed by atoms with Crippen molar-refractivity contribution in [1.82, 2.24) is 4.90 Å². The highest BCUT2D eigenvalue weighted by Gasteiger charge is 2.13. The lowest BCUT2D eigenvalue weighted by Crippen LogP contribution is -2.37. The van der Waals surface area contributed by atoms with E-state index in [0.717, 1.165) is 0 Å². The molecule has 0 aliphatic heterocycles. The fourth-order valence-electron chi connectivity index (χ4n) is 1.72. The number of azide groups is 2. The van der Waals surface area contributed by atoms with E-state index < -0.39 is 0 Å². The first kappa shape index (κ1) is 22.9. The van der Waals surface area contributed by atoms with E-state index in [0.29, 0.717) is 59.3 Å². The summed E-state index contributed by atoms with van der Waals surface area (Å²) in [5.74, 6) is -0.0747. The first-order valence-electron chi connectivity index (χ1n) is 7.99. The van der Waals surface area contributed by atoms with Crippen molar-refractivity contribution in [2.75, 3.05) is 72.4 Å². The maximum absolute atomic E-state index is 12.2. The number of nitrogens with two attached hydrogens (primary N) is 1. The van der Waals surface area contributed by atoms with Crippen molar-refractivity contribution in [3.05, 3.63) is 20.9 Å². The van der Waals surface area contributed by atoms with Gasteiger partial charge in [-0.05, 0) is 11.1 Å². The van der Waals surface area contributed by atoms with Gasteiger partial charge in [0.2, 0.25) is 5.91 Å². The Morgan fingerprint density at radius 3 is 1.88 bits per heavy atom. The van der Waals surface area contributed by atoms with Gasteiger partial charge in [-0.3, -0.25) is 4.79 Å². The molecule has 2 N–H and O–H groups in total. The smallest absolute Gasteiger partial charge is 0.225 e.